The molecule has 0 amide bonds. The van der Waals surface area contributed by atoms with E-state index in [1.807, 2.05) is 17.5 Å². The van der Waals surface area contributed by atoms with Crippen molar-refractivity contribution in [3.05, 3.63) is 52.4 Å². The molecule has 0 radical (unpaired) electrons. The summed E-state index contributed by atoms with van der Waals surface area (Å²) < 4.78 is 83.2. The summed E-state index contributed by atoms with van der Waals surface area (Å²) in [4.78, 5) is 2.12. The molecule has 0 bridgehead atoms. The second-order valence-corrected chi connectivity index (χ2v) is 7.31. The smallest absolute Gasteiger partial charge is 0.372 e. The molecule has 148 valence electrons. The summed E-state index contributed by atoms with van der Waals surface area (Å²) in [5.74, 6) is 0. The molecule has 27 heavy (non-hydrogen) atoms. The van der Waals surface area contributed by atoms with E-state index in [1.54, 1.807) is 11.3 Å². The van der Waals surface area contributed by atoms with Gasteiger partial charge in [-0.2, -0.15) is 26.3 Å². The van der Waals surface area contributed by atoms with Crippen LogP contribution in [0.15, 0.2) is 35.7 Å². The fourth-order valence-electron chi connectivity index (χ4n) is 3.04. The molecule has 1 aromatic heterocycles. The Bertz CT molecular complexity index is 724. The molecule has 2 nitrogen and oxygen atoms in total. The Balaban J connectivity index is 1.71. The molecule has 1 atom stereocenters. The van der Waals surface area contributed by atoms with Crippen LogP contribution in [0.2, 0.25) is 0 Å². The van der Waals surface area contributed by atoms with Crippen molar-refractivity contribution >= 4 is 16.3 Å². The Morgan fingerprint density at radius 3 is 2.26 bits per heavy atom. The molecular weight excluding hydrogens is 392 g/mol. The number of nitrogens with zero attached hydrogens (tertiary/aromatic N) is 1. The Hall–Kier alpha value is -1.74. The molecule has 3 rings (SSSR count). The first-order valence-corrected chi connectivity index (χ1v) is 9.19. The van der Waals surface area contributed by atoms with Crippen molar-refractivity contribution in [2.75, 3.05) is 18.0 Å². The fraction of sp³-hybridized carbons (Fsp3) is 0.444. The van der Waals surface area contributed by atoms with Gasteiger partial charge in [-0.25, -0.2) is 0 Å². The lowest BCUT2D eigenvalue weighted by Gasteiger charge is -2.33. The lowest BCUT2D eigenvalue weighted by Crippen LogP contribution is -2.39. The Morgan fingerprint density at radius 1 is 1.04 bits per heavy atom. The minimum atomic E-state index is -4.85. The van der Waals surface area contributed by atoms with E-state index in [-0.39, 0.29) is 24.3 Å². The molecule has 0 saturated carbocycles. The number of ether oxygens (including phenoxy) is 1. The minimum Gasteiger partial charge on any atom is -0.372 e. The van der Waals surface area contributed by atoms with Gasteiger partial charge in [0.1, 0.15) is 0 Å². The number of rotatable bonds is 4. The van der Waals surface area contributed by atoms with E-state index in [1.165, 1.54) is 0 Å². The lowest BCUT2D eigenvalue weighted by molar-refractivity contribution is -0.143. The topological polar surface area (TPSA) is 12.5 Å². The van der Waals surface area contributed by atoms with Gasteiger partial charge in [-0.05, 0) is 54.1 Å². The van der Waals surface area contributed by atoms with Crippen LogP contribution in [0.5, 0.6) is 0 Å². The molecule has 1 aliphatic rings. The molecule has 0 spiro atoms. The summed E-state index contributed by atoms with van der Waals surface area (Å²) in [7, 11) is 0. The molecular formula is C18H17F6NOS. The van der Waals surface area contributed by atoms with Gasteiger partial charge in [-0.1, -0.05) is 0 Å². The second kappa shape index (κ2) is 7.71. The highest BCUT2D eigenvalue weighted by Crippen LogP contribution is 2.36. The molecule has 1 aromatic carbocycles. The molecule has 2 aromatic rings. The van der Waals surface area contributed by atoms with E-state index in [4.69, 9.17) is 4.74 Å². The second-order valence-electron chi connectivity index (χ2n) is 6.39. The maximum atomic E-state index is 12.9. The first kappa shape index (κ1) is 20.0. The average Bonchev–Trinajstić information content (AvgIpc) is 3.13. The van der Waals surface area contributed by atoms with Gasteiger partial charge in [-0.15, -0.1) is 11.3 Å². The zero-order valence-electron chi connectivity index (χ0n) is 14.1. The van der Waals surface area contributed by atoms with E-state index < -0.39 is 23.5 Å². The molecule has 1 aliphatic heterocycles. The Kier molecular flexibility index (Phi) is 5.71. The zero-order valence-corrected chi connectivity index (χ0v) is 14.9. The van der Waals surface area contributed by atoms with Crippen LogP contribution in [0.1, 0.15) is 29.5 Å². The van der Waals surface area contributed by atoms with Crippen LogP contribution in [-0.2, 0) is 23.7 Å². The maximum absolute atomic E-state index is 12.9. The van der Waals surface area contributed by atoms with E-state index in [9.17, 15) is 26.3 Å². The van der Waals surface area contributed by atoms with E-state index in [2.05, 4.69) is 4.90 Å². The van der Waals surface area contributed by atoms with Gasteiger partial charge in [0.15, 0.2) is 0 Å². The standard InChI is InChI=1S/C18H17F6NOS/c19-17(20,21)13-7-12(8-14(9-13)18(22,23)24)11-26-15-3-1-5-25(10-15)16-4-2-6-27-16/h2,4,6-9,15H,1,3,5,10-11H2. The van der Waals surface area contributed by atoms with Gasteiger partial charge in [0, 0.05) is 13.1 Å². The minimum absolute atomic E-state index is 0.128. The van der Waals surface area contributed by atoms with Gasteiger partial charge >= 0.3 is 12.4 Å². The van der Waals surface area contributed by atoms with Gasteiger partial charge in [0.25, 0.3) is 0 Å². The number of halogens is 6. The molecule has 9 heteroatoms. The third-order valence-electron chi connectivity index (χ3n) is 4.33. The summed E-state index contributed by atoms with van der Waals surface area (Å²) in [5.41, 5.74) is -2.77. The van der Waals surface area contributed by atoms with Crippen LogP contribution in [0.4, 0.5) is 31.3 Å². The summed E-state index contributed by atoms with van der Waals surface area (Å²) >= 11 is 1.58. The van der Waals surface area contributed by atoms with Crippen LogP contribution in [-0.4, -0.2) is 19.2 Å². The number of benzene rings is 1. The van der Waals surface area contributed by atoms with Gasteiger partial charge < -0.3 is 9.64 Å². The maximum Gasteiger partial charge on any atom is 0.416 e. The highest BCUT2D eigenvalue weighted by Gasteiger charge is 2.37. The van der Waals surface area contributed by atoms with E-state index in [0.29, 0.717) is 13.0 Å². The molecule has 2 heterocycles. The zero-order chi connectivity index (χ0) is 19.7. The van der Waals surface area contributed by atoms with Crippen molar-refractivity contribution in [2.45, 2.75) is 37.9 Å². The molecule has 1 unspecified atom stereocenters. The summed E-state index contributed by atoms with van der Waals surface area (Å²) in [6, 6.07) is 5.45. The van der Waals surface area contributed by atoms with Crippen LogP contribution >= 0.6 is 11.3 Å². The number of anilines is 1. The predicted molar refractivity (Wildman–Crippen MR) is 90.8 cm³/mol. The van der Waals surface area contributed by atoms with Crippen LogP contribution in [0.3, 0.4) is 0 Å². The summed E-state index contributed by atoms with van der Waals surface area (Å²) in [6.45, 7) is 1.11. The van der Waals surface area contributed by atoms with E-state index >= 15 is 0 Å². The van der Waals surface area contributed by atoms with Crippen LogP contribution in [0, 0.1) is 0 Å². The van der Waals surface area contributed by atoms with Crippen molar-refractivity contribution in [3.8, 4) is 0 Å². The molecule has 0 aliphatic carbocycles. The number of alkyl halides is 6. The molecule has 0 N–H and O–H groups in total. The number of thiophene rings is 1. The molecule has 1 saturated heterocycles. The Morgan fingerprint density at radius 2 is 1.70 bits per heavy atom. The van der Waals surface area contributed by atoms with Crippen molar-refractivity contribution in [1.29, 1.82) is 0 Å². The van der Waals surface area contributed by atoms with Crippen molar-refractivity contribution in [2.24, 2.45) is 0 Å². The number of hydrogen-bond donors (Lipinski definition) is 0. The SMILES string of the molecule is FC(F)(F)c1cc(COC2CCCN(c3cccs3)C2)cc(C(F)(F)F)c1. The first-order valence-electron chi connectivity index (χ1n) is 8.31. The van der Waals surface area contributed by atoms with Gasteiger partial charge in [0.2, 0.25) is 0 Å². The quantitative estimate of drug-likeness (QED) is 0.577. The first-order chi connectivity index (χ1) is 12.6. The van der Waals surface area contributed by atoms with Crippen molar-refractivity contribution in [3.63, 3.8) is 0 Å². The molecule has 1 fully saturated rings. The van der Waals surface area contributed by atoms with Crippen LogP contribution in [0.25, 0.3) is 0 Å². The van der Waals surface area contributed by atoms with Crippen molar-refractivity contribution < 1.29 is 31.1 Å². The van der Waals surface area contributed by atoms with Crippen molar-refractivity contribution in [1.82, 2.24) is 0 Å². The third-order valence-corrected chi connectivity index (χ3v) is 5.26. The fourth-order valence-corrected chi connectivity index (χ4v) is 3.81. The van der Waals surface area contributed by atoms with Gasteiger partial charge in [-0.3, -0.25) is 0 Å². The predicted octanol–water partition coefficient (Wildman–Crippen LogP) is 5.97. The largest absolute Gasteiger partial charge is 0.416 e. The highest BCUT2D eigenvalue weighted by molar-refractivity contribution is 7.14. The Labute approximate surface area is 156 Å². The summed E-state index contributed by atoms with van der Waals surface area (Å²) in [6.07, 6.45) is -8.38. The lowest BCUT2D eigenvalue weighted by atomic mass is 10.0. The van der Waals surface area contributed by atoms with E-state index in [0.717, 1.165) is 30.1 Å². The monoisotopic (exact) mass is 409 g/mol. The van der Waals surface area contributed by atoms with Crippen LogP contribution < -0.4 is 4.90 Å². The number of hydrogen-bond acceptors (Lipinski definition) is 3. The highest BCUT2D eigenvalue weighted by atomic mass is 32.1. The average molecular weight is 409 g/mol. The normalized spacial score (nSPS) is 18.7. The third kappa shape index (κ3) is 5.16. The number of piperidine rings is 1. The van der Waals surface area contributed by atoms with Gasteiger partial charge in [0.05, 0.1) is 28.8 Å². The summed E-state index contributed by atoms with van der Waals surface area (Å²) in [5, 5.41) is 3.02.